The molecular weight excluding hydrogens is 350 g/mol. The lowest BCUT2D eigenvalue weighted by Gasteiger charge is -2.23. The van der Waals surface area contributed by atoms with Crippen molar-refractivity contribution in [3.63, 3.8) is 0 Å². The summed E-state index contributed by atoms with van der Waals surface area (Å²) in [4.78, 5) is 28.6. The molecule has 130 valence electrons. The number of nitrogens with one attached hydrogen (secondary N) is 2. The first kappa shape index (κ1) is 16.3. The van der Waals surface area contributed by atoms with Gasteiger partial charge in [-0.1, -0.05) is 30.3 Å². The Balaban J connectivity index is 1.51. The lowest BCUT2D eigenvalue weighted by Crippen LogP contribution is -2.34. The van der Waals surface area contributed by atoms with Gasteiger partial charge in [0.05, 0.1) is 5.69 Å². The van der Waals surface area contributed by atoms with Gasteiger partial charge < -0.3 is 15.4 Å². The van der Waals surface area contributed by atoms with E-state index in [0.29, 0.717) is 22.8 Å². The molecule has 2 aromatic carbocycles. The number of nitrogens with zero attached hydrogens (tertiary/aromatic N) is 1. The number of fused-ring (bicyclic) bond motifs is 1. The Morgan fingerprint density at radius 2 is 2.04 bits per heavy atom. The number of carbonyl (C=O) groups excluding carboxylic acids is 2. The van der Waals surface area contributed by atoms with Crippen LogP contribution in [0.15, 0.2) is 53.9 Å². The fourth-order valence-electron chi connectivity index (χ4n) is 2.57. The number of amides is 2. The fourth-order valence-corrected chi connectivity index (χ4v) is 3.38. The maximum absolute atomic E-state index is 12.5. The normalized spacial score (nSPS) is 15.6. The highest BCUT2D eigenvalue weighted by Crippen LogP contribution is 2.32. The predicted molar refractivity (Wildman–Crippen MR) is 101 cm³/mol. The van der Waals surface area contributed by atoms with Gasteiger partial charge >= 0.3 is 0 Å². The van der Waals surface area contributed by atoms with Crippen LogP contribution >= 0.6 is 11.3 Å². The first-order valence-corrected chi connectivity index (χ1v) is 8.92. The Morgan fingerprint density at radius 1 is 1.23 bits per heavy atom. The maximum Gasteiger partial charge on any atom is 0.275 e. The number of benzene rings is 2. The number of aromatic nitrogens is 1. The molecular formula is C19H15N3O3S. The molecule has 2 N–H and O–H groups in total. The van der Waals surface area contributed by atoms with E-state index in [1.807, 2.05) is 30.3 Å². The quantitative estimate of drug-likeness (QED) is 0.740. The summed E-state index contributed by atoms with van der Waals surface area (Å²) in [7, 11) is 0. The van der Waals surface area contributed by atoms with Gasteiger partial charge in [-0.05, 0) is 25.1 Å². The van der Waals surface area contributed by atoms with Crippen LogP contribution in [0.3, 0.4) is 0 Å². The Kier molecular flexibility index (Phi) is 4.14. The molecule has 1 aromatic heterocycles. The van der Waals surface area contributed by atoms with Gasteiger partial charge in [0.1, 0.15) is 16.5 Å². The van der Waals surface area contributed by atoms with Gasteiger partial charge in [-0.15, -0.1) is 11.3 Å². The van der Waals surface area contributed by atoms with E-state index in [1.54, 1.807) is 30.5 Å². The van der Waals surface area contributed by atoms with Crippen LogP contribution in [0, 0.1) is 0 Å². The lowest BCUT2D eigenvalue weighted by molar-refractivity contribution is -0.122. The van der Waals surface area contributed by atoms with Gasteiger partial charge in [-0.2, -0.15) is 0 Å². The second-order valence-corrected chi connectivity index (χ2v) is 6.68. The van der Waals surface area contributed by atoms with Crippen molar-refractivity contribution in [2.24, 2.45) is 0 Å². The molecule has 1 aliphatic rings. The number of thiazole rings is 1. The van der Waals surface area contributed by atoms with Crippen molar-refractivity contribution in [1.29, 1.82) is 0 Å². The summed E-state index contributed by atoms with van der Waals surface area (Å²) in [5.41, 5.74) is 2.41. The molecule has 0 aliphatic carbocycles. The van der Waals surface area contributed by atoms with E-state index in [-0.39, 0.29) is 11.8 Å². The van der Waals surface area contributed by atoms with Gasteiger partial charge in [0, 0.05) is 16.6 Å². The number of hydrogen-bond acceptors (Lipinski definition) is 5. The summed E-state index contributed by atoms with van der Waals surface area (Å²) in [5, 5.41) is 8.07. The zero-order valence-corrected chi connectivity index (χ0v) is 14.7. The minimum absolute atomic E-state index is 0.215. The molecule has 1 atom stereocenters. The number of carbonyl (C=O) groups is 2. The minimum Gasteiger partial charge on any atom is -0.479 e. The average molecular weight is 365 g/mol. The van der Waals surface area contributed by atoms with Crippen molar-refractivity contribution in [3.8, 4) is 16.3 Å². The molecule has 3 aromatic rings. The SMILES string of the molecule is CC1Oc2ccc(NC(=O)c3csc(-c4ccccc4)n3)cc2NC1=O. The van der Waals surface area contributed by atoms with E-state index < -0.39 is 6.10 Å². The van der Waals surface area contributed by atoms with Gasteiger partial charge in [-0.3, -0.25) is 9.59 Å². The van der Waals surface area contributed by atoms with Crippen LogP contribution in [0.1, 0.15) is 17.4 Å². The summed E-state index contributed by atoms with van der Waals surface area (Å²) in [5.74, 6) is 0.0582. The summed E-state index contributed by atoms with van der Waals surface area (Å²) < 4.78 is 5.51. The van der Waals surface area contributed by atoms with Crippen LogP contribution in [-0.4, -0.2) is 22.9 Å². The topological polar surface area (TPSA) is 80.3 Å². The van der Waals surface area contributed by atoms with Gasteiger partial charge in [0.25, 0.3) is 11.8 Å². The molecule has 1 aliphatic heterocycles. The largest absolute Gasteiger partial charge is 0.479 e. The lowest BCUT2D eigenvalue weighted by atomic mass is 10.2. The zero-order chi connectivity index (χ0) is 18.1. The molecule has 4 rings (SSSR count). The van der Waals surface area contributed by atoms with E-state index in [4.69, 9.17) is 4.74 Å². The smallest absolute Gasteiger partial charge is 0.275 e. The number of ether oxygens (including phenoxy) is 1. The average Bonchev–Trinajstić information content (AvgIpc) is 3.14. The highest BCUT2D eigenvalue weighted by Gasteiger charge is 2.23. The van der Waals surface area contributed by atoms with Crippen molar-refractivity contribution in [1.82, 2.24) is 4.98 Å². The third kappa shape index (κ3) is 3.16. The summed E-state index contributed by atoms with van der Waals surface area (Å²) >= 11 is 1.42. The molecule has 0 fully saturated rings. The Morgan fingerprint density at radius 3 is 2.85 bits per heavy atom. The van der Waals surface area contributed by atoms with Crippen molar-refractivity contribution in [3.05, 3.63) is 59.6 Å². The molecule has 0 spiro atoms. The zero-order valence-electron chi connectivity index (χ0n) is 13.9. The highest BCUT2D eigenvalue weighted by atomic mass is 32.1. The molecule has 0 bridgehead atoms. The van der Waals surface area contributed by atoms with Crippen LogP contribution in [-0.2, 0) is 4.79 Å². The summed E-state index contributed by atoms with van der Waals surface area (Å²) in [6, 6.07) is 14.8. The number of anilines is 2. The van der Waals surface area contributed by atoms with Gasteiger partial charge in [0.15, 0.2) is 6.10 Å². The molecule has 26 heavy (non-hydrogen) atoms. The standard InChI is InChI=1S/C19H15N3O3S/c1-11-17(23)21-14-9-13(7-8-16(14)25-11)20-18(24)15-10-26-19(22-15)12-5-3-2-4-6-12/h2-11H,1H3,(H,20,24)(H,21,23). The van der Waals surface area contributed by atoms with E-state index >= 15 is 0 Å². The van der Waals surface area contributed by atoms with Crippen LogP contribution < -0.4 is 15.4 Å². The third-order valence-corrected chi connectivity index (χ3v) is 4.82. The highest BCUT2D eigenvalue weighted by molar-refractivity contribution is 7.13. The monoisotopic (exact) mass is 365 g/mol. The molecule has 1 unspecified atom stereocenters. The first-order chi connectivity index (χ1) is 12.6. The van der Waals surface area contributed by atoms with E-state index in [0.717, 1.165) is 10.6 Å². The predicted octanol–water partition coefficient (Wildman–Crippen LogP) is 3.78. The molecule has 0 saturated heterocycles. The maximum atomic E-state index is 12.5. The van der Waals surface area contributed by atoms with Crippen LogP contribution in [0.2, 0.25) is 0 Å². The van der Waals surface area contributed by atoms with E-state index in [9.17, 15) is 9.59 Å². The van der Waals surface area contributed by atoms with Crippen molar-refractivity contribution >= 4 is 34.5 Å². The molecule has 7 heteroatoms. The molecule has 2 amide bonds. The minimum atomic E-state index is -0.533. The summed E-state index contributed by atoms with van der Waals surface area (Å²) in [6.45, 7) is 1.68. The molecule has 0 radical (unpaired) electrons. The van der Waals surface area contributed by atoms with Gasteiger partial charge in [0.2, 0.25) is 0 Å². The summed E-state index contributed by atoms with van der Waals surface area (Å²) in [6.07, 6.45) is -0.533. The molecule has 2 heterocycles. The number of rotatable bonds is 3. The second kappa shape index (κ2) is 6.61. The van der Waals surface area contributed by atoms with E-state index in [2.05, 4.69) is 15.6 Å². The van der Waals surface area contributed by atoms with Crippen LogP contribution in [0.25, 0.3) is 10.6 Å². The van der Waals surface area contributed by atoms with E-state index in [1.165, 1.54) is 11.3 Å². The van der Waals surface area contributed by atoms with Crippen LogP contribution in [0.5, 0.6) is 5.75 Å². The first-order valence-electron chi connectivity index (χ1n) is 8.04. The molecule has 6 nitrogen and oxygen atoms in total. The van der Waals surface area contributed by atoms with Crippen molar-refractivity contribution in [2.75, 3.05) is 10.6 Å². The molecule has 0 saturated carbocycles. The Hall–Kier alpha value is -3.19. The van der Waals surface area contributed by atoms with Crippen molar-refractivity contribution in [2.45, 2.75) is 13.0 Å². The van der Waals surface area contributed by atoms with Crippen molar-refractivity contribution < 1.29 is 14.3 Å². The third-order valence-electron chi connectivity index (χ3n) is 3.93. The Labute approximate surface area is 153 Å². The second-order valence-electron chi connectivity index (χ2n) is 5.82. The van der Waals surface area contributed by atoms with Crippen LogP contribution in [0.4, 0.5) is 11.4 Å². The number of hydrogen-bond donors (Lipinski definition) is 2. The van der Waals surface area contributed by atoms with Gasteiger partial charge in [-0.25, -0.2) is 4.98 Å². The fraction of sp³-hybridized carbons (Fsp3) is 0.105. The Bertz CT molecular complexity index is 985.